The molecule has 0 fully saturated rings. The topological polar surface area (TPSA) is 56.7 Å². The van der Waals surface area contributed by atoms with Gasteiger partial charge in [0.1, 0.15) is 0 Å². The maximum atomic E-state index is 6.09. The molecule has 2 rings (SSSR count). The van der Waals surface area contributed by atoms with Gasteiger partial charge in [0.2, 0.25) is 0 Å². The van der Waals surface area contributed by atoms with Gasteiger partial charge in [-0.25, -0.2) is 9.67 Å². The summed E-state index contributed by atoms with van der Waals surface area (Å²) in [6.07, 6.45) is 1.95. The van der Waals surface area contributed by atoms with Gasteiger partial charge in [-0.2, -0.15) is 5.10 Å². The van der Waals surface area contributed by atoms with Gasteiger partial charge < -0.3 is 5.73 Å². The average molecular weight is 230 g/mol. The number of rotatable bonds is 3. The van der Waals surface area contributed by atoms with E-state index in [1.54, 1.807) is 4.68 Å². The summed E-state index contributed by atoms with van der Waals surface area (Å²) in [6, 6.07) is 5.99. The lowest BCUT2D eigenvalue weighted by Crippen LogP contribution is -1.99. The van der Waals surface area contributed by atoms with E-state index in [4.69, 9.17) is 5.73 Å². The third kappa shape index (κ3) is 2.16. The molecular weight excluding hydrogens is 212 g/mol. The minimum Gasteiger partial charge on any atom is -0.398 e. The van der Waals surface area contributed by atoms with Gasteiger partial charge in [0, 0.05) is 24.7 Å². The summed E-state index contributed by atoms with van der Waals surface area (Å²) < 4.78 is 1.80. The Labute approximate surface area is 101 Å². The number of nitrogens with zero attached hydrogens (tertiary/aromatic N) is 3. The van der Waals surface area contributed by atoms with E-state index in [1.165, 1.54) is 0 Å². The number of benzene rings is 1. The zero-order valence-electron chi connectivity index (χ0n) is 10.6. The fourth-order valence-corrected chi connectivity index (χ4v) is 1.88. The monoisotopic (exact) mass is 230 g/mol. The summed E-state index contributed by atoms with van der Waals surface area (Å²) in [6.45, 7) is 4.12. The molecule has 0 amide bonds. The first-order valence-corrected chi connectivity index (χ1v) is 5.88. The Balaban J connectivity index is 2.49. The van der Waals surface area contributed by atoms with Crippen molar-refractivity contribution < 1.29 is 0 Å². The van der Waals surface area contributed by atoms with Crippen molar-refractivity contribution >= 4 is 5.69 Å². The Hall–Kier alpha value is -1.84. The second-order valence-electron chi connectivity index (χ2n) is 4.26. The van der Waals surface area contributed by atoms with Crippen LogP contribution < -0.4 is 5.73 Å². The number of aryl methyl sites for hydroxylation is 3. The maximum absolute atomic E-state index is 6.09. The lowest BCUT2D eigenvalue weighted by molar-refractivity contribution is 0.738. The van der Waals surface area contributed by atoms with E-state index in [0.717, 1.165) is 41.3 Å². The van der Waals surface area contributed by atoms with E-state index in [9.17, 15) is 0 Å². The van der Waals surface area contributed by atoms with Crippen LogP contribution in [0.3, 0.4) is 0 Å². The molecule has 1 aromatic carbocycles. The predicted octanol–water partition coefficient (Wildman–Crippen LogP) is 2.33. The van der Waals surface area contributed by atoms with Crippen molar-refractivity contribution in [2.45, 2.75) is 26.7 Å². The number of para-hydroxylation sites is 1. The van der Waals surface area contributed by atoms with Crippen LogP contribution in [0.5, 0.6) is 0 Å². The summed E-state index contributed by atoms with van der Waals surface area (Å²) in [7, 11) is 1.91. The van der Waals surface area contributed by atoms with Crippen LogP contribution in [0.15, 0.2) is 18.2 Å². The van der Waals surface area contributed by atoms with Crippen molar-refractivity contribution in [1.29, 1.82) is 0 Å². The molecule has 4 heteroatoms. The molecule has 0 unspecified atom stereocenters. The van der Waals surface area contributed by atoms with Gasteiger partial charge >= 0.3 is 0 Å². The summed E-state index contributed by atoms with van der Waals surface area (Å²) in [5.41, 5.74) is 8.90. The Morgan fingerprint density at radius 3 is 2.82 bits per heavy atom. The summed E-state index contributed by atoms with van der Waals surface area (Å²) in [5, 5.41) is 4.40. The molecule has 0 radical (unpaired) electrons. The van der Waals surface area contributed by atoms with Crippen LogP contribution in [0.2, 0.25) is 0 Å². The van der Waals surface area contributed by atoms with E-state index in [1.807, 2.05) is 32.2 Å². The molecule has 0 saturated heterocycles. The van der Waals surface area contributed by atoms with Crippen molar-refractivity contribution in [1.82, 2.24) is 14.8 Å². The molecule has 1 heterocycles. The molecule has 0 bridgehead atoms. The highest BCUT2D eigenvalue weighted by Gasteiger charge is 2.12. The van der Waals surface area contributed by atoms with Gasteiger partial charge in [-0.05, 0) is 25.0 Å². The molecule has 0 spiro atoms. The number of hydrogen-bond acceptors (Lipinski definition) is 3. The zero-order valence-corrected chi connectivity index (χ0v) is 10.6. The SMILES string of the molecule is CCCc1nc(-c2cccc(C)c2N)n(C)n1. The van der Waals surface area contributed by atoms with Crippen molar-refractivity contribution in [2.75, 3.05) is 5.73 Å². The smallest absolute Gasteiger partial charge is 0.160 e. The fourth-order valence-electron chi connectivity index (χ4n) is 1.88. The van der Waals surface area contributed by atoms with Crippen LogP contribution in [0.4, 0.5) is 5.69 Å². The molecule has 2 N–H and O–H groups in total. The van der Waals surface area contributed by atoms with Crippen molar-refractivity contribution in [3.63, 3.8) is 0 Å². The van der Waals surface area contributed by atoms with Crippen LogP contribution in [0.1, 0.15) is 24.7 Å². The molecule has 0 saturated carbocycles. The second-order valence-corrected chi connectivity index (χ2v) is 4.26. The minimum absolute atomic E-state index is 0.783. The lowest BCUT2D eigenvalue weighted by Gasteiger charge is -2.06. The molecule has 2 aromatic rings. The predicted molar refractivity (Wildman–Crippen MR) is 69.6 cm³/mol. The molecule has 0 atom stereocenters. The van der Waals surface area contributed by atoms with E-state index in [-0.39, 0.29) is 0 Å². The number of anilines is 1. The van der Waals surface area contributed by atoms with E-state index >= 15 is 0 Å². The third-order valence-corrected chi connectivity index (χ3v) is 2.85. The number of hydrogen-bond donors (Lipinski definition) is 1. The molecular formula is C13H18N4. The molecule has 17 heavy (non-hydrogen) atoms. The van der Waals surface area contributed by atoms with Crippen LogP contribution in [-0.4, -0.2) is 14.8 Å². The van der Waals surface area contributed by atoms with Gasteiger partial charge in [-0.15, -0.1) is 0 Å². The van der Waals surface area contributed by atoms with E-state index in [2.05, 4.69) is 17.0 Å². The van der Waals surface area contributed by atoms with Crippen molar-refractivity contribution in [3.05, 3.63) is 29.6 Å². The highest BCUT2D eigenvalue weighted by Crippen LogP contribution is 2.26. The molecule has 90 valence electrons. The van der Waals surface area contributed by atoms with Crippen molar-refractivity contribution in [2.24, 2.45) is 7.05 Å². The zero-order chi connectivity index (χ0) is 12.4. The van der Waals surface area contributed by atoms with Crippen LogP contribution in [0, 0.1) is 6.92 Å². The van der Waals surface area contributed by atoms with Gasteiger partial charge in [-0.1, -0.05) is 19.1 Å². The van der Waals surface area contributed by atoms with Gasteiger partial charge in [0.25, 0.3) is 0 Å². The first kappa shape index (κ1) is 11.6. The summed E-state index contributed by atoms with van der Waals surface area (Å²) in [5.74, 6) is 1.72. The van der Waals surface area contributed by atoms with Crippen LogP contribution in [-0.2, 0) is 13.5 Å². The molecule has 0 aliphatic rings. The van der Waals surface area contributed by atoms with Crippen LogP contribution >= 0.6 is 0 Å². The Morgan fingerprint density at radius 2 is 2.12 bits per heavy atom. The largest absolute Gasteiger partial charge is 0.398 e. The maximum Gasteiger partial charge on any atom is 0.160 e. The Morgan fingerprint density at radius 1 is 1.35 bits per heavy atom. The number of aromatic nitrogens is 3. The van der Waals surface area contributed by atoms with Crippen molar-refractivity contribution in [3.8, 4) is 11.4 Å². The Bertz CT molecular complexity index is 528. The third-order valence-electron chi connectivity index (χ3n) is 2.85. The minimum atomic E-state index is 0.783. The highest BCUT2D eigenvalue weighted by molar-refractivity contribution is 5.74. The molecule has 0 aliphatic heterocycles. The normalized spacial score (nSPS) is 10.8. The van der Waals surface area contributed by atoms with Crippen LogP contribution in [0.25, 0.3) is 11.4 Å². The van der Waals surface area contributed by atoms with Gasteiger partial charge in [0.15, 0.2) is 11.6 Å². The Kier molecular flexibility index (Phi) is 3.13. The van der Waals surface area contributed by atoms with Gasteiger partial charge in [-0.3, -0.25) is 0 Å². The second kappa shape index (κ2) is 4.57. The fraction of sp³-hybridized carbons (Fsp3) is 0.385. The van der Waals surface area contributed by atoms with Gasteiger partial charge in [0.05, 0.1) is 0 Å². The highest BCUT2D eigenvalue weighted by atomic mass is 15.3. The molecule has 4 nitrogen and oxygen atoms in total. The van der Waals surface area contributed by atoms with E-state index < -0.39 is 0 Å². The first-order chi connectivity index (χ1) is 8.13. The number of nitrogen functional groups attached to an aromatic ring is 1. The number of nitrogens with two attached hydrogens (primary N) is 1. The van der Waals surface area contributed by atoms with E-state index in [0.29, 0.717) is 0 Å². The molecule has 1 aromatic heterocycles. The average Bonchev–Trinajstić information content (AvgIpc) is 2.64. The summed E-state index contributed by atoms with van der Waals surface area (Å²) >= 11 is 0. The first-order valence-electron chi connectivity index (χ1n) is 5.88. The standard InChI is InChI=1S/C13H18N4/c1-4-6-11-15-13(17(3)16-11)10-8-5-7-9(2)12(10)14/h5,7-8H,4,6,14H2,1-3H3. The lowest BCUT2D eigenvalue weighted by atomic mass is 10.1. The quantitative estimate of drug-likeness (QED) is 0.823. The summed E-state index contributed by atoms with van der Waals surface area (Å²) in [4.78, 5) is 4.54. The molecule has 0 aliphatic carbocycles.